The highest BCUT2D eigenvalue weighted by Gasteiger charge is 2.48. The minimum Gasteiger partial charge on any atom is -0.493 e. The molecule has 2 aliphatic rings. The number of likely N-dealkylation sites (tertiary alicyclic amines) is 2. The Morgan fingerprint density at radius 1 is 1.07 bits per heavy atom. The van der Waals surface area contributed by atoms with Gasteiger partial charge >= 0.3 is 0 Å². The molecule has 5 rings (SSSR count). The lowest BCUT2D eigenvalue weighted by Crippen LogP contribution is -2.54. The van der Waals surface area contributed by atoms with E-state index in [0.717, 1.165) is 10.9 Å². The number of aromatic nitrogens is 2. The van der Waals surface area contributed by atoms with Gasteiger partial charge in [-0.15, -0.1) is 0 Å². The van der Waals surface area contributed by atoms with E-state index in [4.69, 9.17) is 9.47 Å². The minimum atomic E-state index is -0.578. The highest BCUT2D eigenvalue weighted by atomic mass is 16.5. The van der Waals surface area contributed by atoms with Crippen molar-refractivity contribution in [2.45, 2.75) is 26.4 Å². The lowest BCUT2D eigenvalue weighted by Gasteiger charge is -2.39. The fourth-order valence-electron chi connectivity index (χ4n) is 6.08. The molecule has 3 unspecified atom stereocenters. The first-order valence-corrected chi connectivity index (χ1v) is 14.5. The van der Waals surface area contributed by atoms with Crippen LogP contribution in [0.3, 0.4) is 0 Å². The Hall–Kier alpha value is -4.61. The van der Waals surface area contributed by atoms with E-state index >= 15 is 0 Å². The summed E-state index contributed by atoms with van der Waals surface area (Å²) in [6.45, 7) is 5.07. The summed E-state index contributed by atoms with van der Waals surface area (Å²) in [6.07, 6.45) is 3.58. The monoisotopic (exact) mass is 590 g/mol. The molecule has 3 aromatic rings. The average molecular weight is 591 g/mol. The molecule has 228 valence electrons. The molecule has 0 radical (unpaired) electrons. The van der Waals surface area contributed by atoms with E-state index in [1.54, 1.807) is 40.4 Å². The first-order chi connectivity index (χ1) is 20.7. The highest BCUT2D eigenvalue weighted by Crippen LogP contribution is 2.37. The molecule has 12 heteroatoms. The third-order valence-electron chi connectivity index (χ3n) is 8.21. The molecule has 2 saturated heterocycles. The molecule has 2 aliphatic heterocycles. The Kier molecular flexibility index (Phi) is 8.84. The highest BCUT2D eigenvalue weighted by molar-refractivity contribution is 5.95. The van der Waals surface area contributed by atoms with Crippen LogP contribution in [-0.4, -0.2) is 96.4 Å². The second-order valence-electron chi connectivity index (χ2n) is 11.4. The van der Waals surface area contributed by atoms with Crippen molar-refractivity contribution in [1.29, 1.82) is 0 Å². The van der Waals surface area contributed by atoms with Gasteiger partial charge in [-0.25, -0.2) is 4.98 Å². The number of piperidine rings is 1. The standard InChI is InChI=1S/C31H38N6O6/c1-18(2)43-25-8-7-19(10-26(25)42-4)31(41)37-15-21-14-36(17-24(23(21)16-37)30(40)35-13-27(38)32-3)28(39)11-20-12-34-29-22(20)6-5-9-33-29/h5-10,12,18,21,23-24H,11,13-17H2,1-4H3,(H,32,38)(H,33,34)(H,35,40). The quantitative estimate of drug-likeness (QED) is 0.343. The van der Waals surface area contributed by atoms with Gasteiger partial charge in [0.25, 0.3) is 5.91 Å². The normalized spacial score (nSPS) is 19.7. The third-order valence-corrected chi connectivity index (χ3v) is 8.21. The van der Waals surface area contributed by atoms with Crippen molar-refractivity contribution >= 4 is 34.7 Å². The summed E-state index contributed by atoms with van der Waals surface area (Å²) in [5, 5.41) is 6.10. The summed E-state index contributed by atoms with van der Waals surface area (Å²) in [6, 6.07) is 8.85. The number of carbonyl (C=O) groups is 4. The summed E-state index contributed by atoms with van der Waals surface area (Å²) < 4.78 is 11.3. The van der Waals surface area contributed by atoms with Crippen LogP contribution in [0, 0.1) is 17.8 Å². The first kappa shape index (κ1) is 29.9. The van der Waals surface area contributed by atoms with E-state index in [2.05, 4.69) is 20.6 Å². The Morgan fingerprint density at radius 3 is 2.60 bits per heavy atom. The zero-order chi connectivity index (χ0) is 30.7. The SMILES string of the molecule is CNC(=O)CNC(=O)C1CN(C(=O)Cc2c[nH]c3ncccc23)CC2CN(C(=O)c3ccc(OC(C)C)c(OC)c3)CC21. The predicted molar refractivity (Wildman–Crippen MR) is 159 cm³/mol. The number of rotatable bonds is 9. The summed E-state index contributed by atoms with van der Waals surface area (Å²) in [7, 11) is 3.03. The second kappa shape index (κ2) is 12.7. The molecule has 43 heavy (non-hydrogen) atoms. The van der Waals surface area contributed by atoms with Crippen LogP contribution >= 0.6 is 0 Å². The van der Waals surface area contributed by atoms with Crippen LogP contribution < -0.4 is 20.1 Å². The molecule has 0 spiro atoms. The number of benzene rings is 1. The van der Waals surface area contributed by atoms with Crippen molar-refractivity contribution in [1.82, 2.24) is 30.4 Å². The molecule has 2 aromatic heterocycles. The van der Waals surface area contributed by atoms with Crippen molar-refractivity contribution in [3.05, 3.63) is 53.9 Å². The van der Waals surface area contributed by atoms with Crippen LogP contribution in [0.2, 0.25) is 0 Å². The third kappa shape index (κ3) is 6.42. The zero-order valence-electron chi connectivity index (χ0n) is 24.9. The van der Waals surface area contributed by atoms with Crippen LogP contribution in [-0.2, 0) is 20.8 Å². The van der Waals surface area contributed by atoms with E-state index < -0.39 is 5.92 Å². The van der Waals surface area contributed by atoms with Gasteiger partial charge in [-0.2, -0.15) is 0 Å². The Morgan fingerprint density at radius 2 is 1.86 bits per heavy atom. The molecule has 4 amide bonds. The number of nitrogens with zero attached hydrogens (tertiary/aromatic N) is 3. The van der Waals surface area contributed by atoms with Crippen LogP contribution in [0.4, 0.5) is 0 Å². The largest absolute Gasteiger partial charge is 0.493 e. The molecule has 1 aromatic carbocycles. The van der Waals surface area contributed by atoms with E-state index in [-0.39, 0.29) is 61.1 Å². The van der Waals surface area contributed by atoms with Crippen LogP contribution in [0.1, 0.15) is 29.8 Å². The number of fused-ring (bicyclic) bond motifs is 2. The summed E-state index contributed by atoms with van der Waals surface area (Å²) in [4.78, 5) is 63.4. The number of methoxy groups -OCH3 is 1. The van der Waals surface area contributed by atoms with Crippen molar-refractivity contribution in [3.8, 4) is 11.5 Å². The lowest BCUT2D eigenvalue weighted by atomic mass is 9.79. The molecular formula is C31H38N6O6. The average Bonchev–Trinajstić information content (AvgIpc) is 3.63. The van der Waals surface area contributed by atoms with Gasteiger partial charge < -0.3 is 34.9 Å². The molecule has 0 aliphatic carbocycles. The minimum absolute atomic E-state index is 0.0538. The number of ether oxygens (including phenoxy) is 2. The number of carbonyl (C=O) groups excluding carboxylic acids is 4. The molecule has 3 N–H and O–H groups in total. The van der Waals surface area contributed by atoms with Crippen LogP contribution in [0.25, 0.3) is 11.0 Å². The van der Waals surface area contributed by atoms with Gasteiger partial charge in [-0.05, 0) is 61.6 Å². The lowest BCUT2D eigenvalue weighted by molar-refractivity contribution is -0.139. The molecule has 0 saturated carbocycles. The predicted octanol–water partition coefficient (Wildman–Crippen LogP) is 1.61. The van der Waals surface area contributed by atoms with Gasteiger partial charge in [0.2, 0.25) is 17.7 Å². The maximum Gasteiger partial charge on any atom is 0.254 e. The van der Waals surface area contributed by atoms with Crippen LogP contribution in [0.15, 0.2) is 42.7 Å². The van der Waals surface area contributed by atoms with Crippen molar-refractivity contribution < 1.29 is 28.7 Å². The van der Waals surface area contributed by atoms with E-state index in [1.807, 2.05) is 26.0 Å². The van der Waals surface area contributed by atoms with Gasteiger partial charge in [0.05, 0.1) is 32.1 Å². The number of likely N-dealkylation sites (N-methyl/N-ethyl adjacent to an activating group) is 1. The summed E-state index contributed by atoms with van der Waals surface area (Å²) in [5.74, 6) is -0.745. The van der Waals surface area contributed by atoms with Gasteiger partial charge in [0.1, 0.15) is 5.65 Å². The van der Waals surface area contributed by atoms with Gasteiger partial charge in [-0.3, -0.25) is 19.2 Å². The number of amides is 4. The molecule has 3 atom stereocenters. The van der Waals surface area contributed by atoms with Gasteiger partial charge in [-0.1, -0.05) is 0 Å². The Bertz CT molecular complexity index is 1520. The fraction of sp³-hybridized carbons (Fsp3) is 0.452. The number of hydrogen-bond acceptors (Lipinski definition) is 7. The van der Waals surface area contributed by atoms with Gasteiger partial charge in [0, 0.05) is 56.6 Å². The molecule has 2 fully saturated rings. The second-order valence-corrected chi connectivity index (χ2v) is 11.4. The first-order valence-electron chi connectivity index (χ1n) is 14.5. The number of H-pyrrole nitrogens is 1. The summed E-state index contributed by atoms with van der Waals surface area (Å²) in [5.41, 5.74) is 1.99. The van der Waals surface area contributed by atoms with Crippen LogP contribution in [0.5, 0.6) is 11.5 Å². The van der Waals surface area contributed by atoms with E-state index in [0.29, 0.717) is 42.3 Å². The maximum atomic E-state index is 13.7. The Balaban J connectivity index is 1.35. The smallest absolute Gasteiger partial charge is 0.254 e. The topological polar surface area (TPSA) is 146 Å². The van der Waals surface area contributed by atoms with Crippen molar-refractivity contribution in [2.75, 3.05) is 46.9 Å². The number of pyridine rings is 1. The molecule has 0 bridgehead atoms. The zero-order valence-corrected chi connectivity index (χ0v) is 24.9. The number of hydrogen-bond donors (Lipinski definition) is 3. The number of aromatic amines is 1. The van der Waals surface area contributed by atoms with Crippen molar-refractivity contribution in [2.24, 2.45) is 17.8 Å². The number of nitrogens with one attached hydrogen (secondary N) is 3. The van der Waals surface area contributed by atoms with Crippen molar-refractivity contribution in [3.63, 3.8) is 0 Å². The van der Waals surface area contributed by atoms with E-state index in [1.165, 1.54) is 14.2 Å². The van der Waals surface area contributed by atoms with E-state index in [9.17, 15) is 19.2 Å². The summed E-state index contributed by atoms with van der Waals surface area (Å²) >= 11 is 0. The molecular weight excluding hydrogens is 552 g/mol. The maximum absolute atomic E-state index is 13.7. The Labute approximate surface area is 250 Å². The van der Waals surface area contributed by atoms with Gasteiger partial charge in [0.15, 0.2) is 11.5 Å². The molecule has 4 heterocycles. The molecule has 12 nitrogen and oxygen atoms in total. The fourth-order valence-corrected chi connectivity index (χ4v) is 6.08.